The molecule has 0 N–H and O–H groups in total. The number of piperidine rings is 1. The van der Waals surface area contributed by atoms with Crippen molar-refractivity contribution in [3.63, 3.8) is 0 Å². The highest BCUT2D eigenvalue weighted by atomic mass is 32.1. The second-order valence-corrected chi connectivity index (χ2v) is 5.86. The summed E-state index contributed by atoms with van der Waals surface area (Å²) >= 11 is 1.11. The Morgan fingerprint density at radius 2 is 2.33 bits per heavy atom. The molecule has 1 aromatic rings. The number of hydrogen-bond donors (Lipinski definition) is 0. The number of aromatic nitrogens is 2. The van der Waals surface area contributed by atoms with Gasteiger partial charge in [-0.05, 0) is 26.2 Å². The summed E-state index contributed by atoms with van der Waals surface area (Å²) in [4.78, 5) is 14.3. The maximum absolute atomic E-state index is 12.4. The highest BCUT2D eigenvalue weighted by Crippen LogP contribution is 2.38. The Labute approximate surface area is 110 Å². The fourth-order valence-corrected chi connectivity index (χ4v) is 3.47. The number of ether oxygens (including phenoxy) is 1. The molecule has 6 heteroatoms. The van der Waals surface area contributed by atoms with Gasteiger partial charge in [-0.1, -0.05) is 0 Å². The van der Waals surface area contributed by atoms with Gasteiger partial charge in [0.05, 0.1) is 24.0 Å². The van der Waals surface area contributed by atoms with Gasteiger partial charge >= 0.3 is 0 Å². The molecule has 1 amide bonds. The van der Waals surface area contributed by atoms with Crippen LogP contribution in [0.2, 0.25) is 0 Å². The first-order chi connectivity index (χ1) is 8.70. The summed E-state index contributed by atoms with van der Waals surface area (Å²) in [7, 11) is 0. The fraction of sp³-hybridized carbons (Fsp3) is 0.750. The van der Waals surface area contributed by atoms with Crippen molar-refractivity contribution in [3.8, 4) is 0 Å². The molecule has 18 heavy (non-hydrogen) atoms. The van der Waals surface area contributed by atoms with Gasteiger partial charge in [0.1, 0.15) is 0 Å². The third kappa shape index (κ3) is 2.03. The van der Waals surface area contributed by atoms with Crippen LogP contribution in [-0.2, 0) is 4.74 Å². The molecule has 2 saturated heterocycles. The van der Waals surface area contributed by atoms with E-state index in [2.05, 4.69) is 8.75 Å². The van der Waals surface area contributed by atoms with Crippen molar-refractivity contribution in [2.24, 2.45) is 5.41 Å². The van der Waals surface area contributed by atoms with Crippen LogP contribution < -0.4 is 0 Å². The SMILES string of the molecule is Cc1nsnc1C(=O)N1CCCC2(CCOC2)C1. The van der Waals surface area contributed by atoms with E-state index in [-0.39, 0.29) is 11.3 Å². The second-order valence-electron chi connectivity index (χ2n) is 5.33. The molecule has 98 valence electrons. The van der Waals surface area contributed by atoms with Gasteiger partial charge in [-0.2, -0.15) is 8.75 Å². The Morgan fingerprint density at radius 1 is 1.44 bits per heavy atom. The zero-order chi connectivity index (χ0) is 12.6. The van der Waals surface area contributed by atoms with E-state index in [9.17, 15) is 4.79 Å². The Hall–Kier alpha value is -1.01. The van der Waals surface area contributed by atoms with Crippen LogP contribution in [0.5, 0.6) is 0 Å². The van der Waals surface area contributed by atoms with E-state index in [1.807, 2.05) is 11.8 Å². The van der Waals surface area contributed by atoms with Crippen LogP contribution >= 0.6 is 11.7 Å². The molecular weight excluding hydrogens is 250 g/mol. The van der Waals surface area contributed by atoms with Crippen molar-refractivity contribution in [2.75, 3.05) is 26.3 Å². The van der Waals surface area contributed by atoms with Crippen LogP contribution in [0.4, 0.5) is 0 Å². The summed E-state index contributed by atoms with van der Waals surface area (Å²) in [6, 6.07) is 0. The number of hydrogen-bond acceptors (Lipinski definition) is 5. The van der Waals surface area contributed by atoms with E-state index < -0.39 is 0 Å². The van der Waals surface area contributed by atoms with Crippen molar-refractivity contribution in [3.05, 3.63) is 11.4 Å². The van der Waals surface area contributed by atoms with Crippen molar-refractivity contribution in [1.82, 2.24) is 13.6 Å². The molecule has 0 aliphatic carbocycles. The Morgan fingerprint density at radius 3 is 3.00 bits per heavy atom. The zero-order valence-electron chi connectivity index (χ0n) is 10.5. The highest BCUT2D eigenvalue weighted by Gasteiger charge is 2.40. The zero-order valence-corrected chi connectivity index (χ0v) is 11.3. The lowest BCUT2D eigenvalue weighted by Crippen LogP contribution is -2.46. The molecule has 0 radical (unpaired) electrons. The van der Waals surface area contributed by atoms with E-state index in [0.29, 0.717) is 5.69 Å². The van der Waals surface area contributed by atoms with Gasteiger partial charge in [-0.25, -0.2) is 0 Å². The second kappa shape index (κ2) is 4.59. The quantitative estimate of drug-likeness (QED) is 0.773. The maximum Gasteiger partial charge on any atom is 0.275 e. The fourth-order valence-electron chi connectivity index (χ4n) is 2.93. The van der Waals surface area contributed by atoms with Crippen LogP contribution in [0.1, 0.15) is 35.4 Å². The molecule has 0 aromatic carbocycles. The normalized spacial score (nSPS) is 27.9. The largest absolute Gasteiger partial charge is 0.381 e. The summed E-state index contributed by atoms with van der Waals surface area (Å²) in [6.45, 7) is 5.11. The summed E-state index contributed by atoms with van der Waals surface area (Å²) < 4.78 is 13.7. The monoisotopic (exact) mass is 267 g/mol. The average Bonchev–Trinajstić information content (AvgIpc) is 2.98. The number of nitrogens with zero attached hydrogens (tertiary/aromatic N) is 3. The molecule has 1 atom stereocenters. The molecule has 1 unspecified atom stereocenters. The Balaban J connectivity index is 1.76. The minimum absolute atomic E-state index is 0.0345. The minimum atomic E-state index is 0.0345. The van der Waals surface area contributed by atoms with Crippen molar-refractivity contribution >= 4 is 17.6 Å². The molecule has 2 fully saturated rings. The van der Waals surface area contributed by atoms with Gasteiger partial charge in [0.25, 0.3) is 5.91 Å². The van der Waals surface area contributed by atoms with Crippen molar-refractivity contribution in [2.45, 2.75) is 26.2 Å². The molecule has 3 rings (SSSR count). The average molecular weight is 267 g/mol. The number of amides is 1. The highest BCUT2D eigenvalue weighted by molar-refractivity contribution is 6.99. The van der Waals surface area contributed by atoms with Crippen LogP contribution in [-0.4, -0.2) is 45.9 Å². The first-order valence-electron chi connectivity index (χ1n) is 6.36. The van der Waals surface area contributed by atoms with E-state index in [1.54, 1.807) is 0 Å². The Kier molecular flexibility index (Phi) is 3.07. The van der Waals surface area contributed by atoms with Crippen LogP contribution in [0.3, 0.4) is 0 Å². The van der Waals surface area contributed by atoms with Crippen molar-refractivity contribution < 1.29 is 9.53 Å². The standard InChI is InChI=1S/C12H17N3O2S/c1-9-10(14-18-13-9)11(16)15-5-2-3-12(7-15)4-6-17-8-12/h2-8H2,1H3. The summed E-state index contributed by atoms with van der Waals surface area (Å²) in [5, 5.41) is 0. The molecule has 3 heterocycles. The van der Waals surface area contributed by atoms with Crippen LogP contribution in [0.15, 0.2) is 0 Å². The molecular formula is C12H17N3O2S. The maximum atomic E-state index is 12.4. The topological polar surface area (TPSA) is 55.3 Å². The van der Waals surface area contributed by atoms with Gasteiger partial charge in [-0.3, -0.25) is 4.79 Å². The predicted molar refractivity (Wildman–Crippen MR) is 67.7 cm³/mol. The van der Waals surface area contributed by atoms with Gasteiger partial charge in [0, 0.05) is 25.1 Å². The van der Waals surface area contributed by atoms with Gasteiger partial charge < -0.3 is 9.64 Å². The van der Waals surface area contributed by atoms with E-state index in [0.717, 1.165) is 56.6 Å². The molecule has 0 bridgehead atoms. The van der Waals surface area contributed by atoms with Crippen LogP contribution in [0, 0.1) is 12.3 Å². The van der Waals surface area contributed by atoms with Crippen LogP contribution in [0.25, 0.3) is 0 Å². The number of rotatable bonds is 1. The van der Waals surface area contributed by atoms with E-state index in [4.69, 9.17) is 4.74 Å². The Bertz CT molecular complexity index is 454. The lowest BCUT2D eigenvalue weighted by Gasteiger charge is -2.39. The van der Waals surface area contributed by atoms with Gasteiger partial charge in [0.2, 0.25) is 0 Å². The lowest BCUT2D eigenvalue weighted by atomic mass is 9.79. The molecule has 2 aliphatic heterocycles. The summed E-state index contributed by atoms with van der Waals surface area (Å²) in [5.74, 6) is 0.0345. The first kappa shape index (κ1) is 12.0. The number of carbonyl (C=O) groups excluding carboxylic acids is 1. The third-order valence-electron chi connectivity index (χ3n) is 3.99. The number of aryl methyl sites for hydroxylation is 1. The minimum Gasteiger partial charge on any atom is -0.381 e. The predicted octanol–water partition coefficient (Wildman–Crippen LogP) is 1.49. The summed E-state index contributed by atoms with van der Waals surface area (Å²) in [5.41, 5.74) is 1.47. The molecule has 2 aliphatic rings. The first-order valence-corrected chi connectivity index (χ1v) is 7.09. The van der Waals surface area contributed by atoms with Gasteiger partial charge in [0.15, 0.2) is 5.69 Å². The molecule has 5 nitrogen and oxygen atoms in total. The van der Waals surface area contributed by atoms with Gasteiger partial charge in [-0.15, -0.1) is 0 Å². The van der Waals surface area contributed by atoms with E-state index >= 15 is 0 Å². The molecule has 1 aromatic heterocycles. The third-order valence-corrected chi connectivity index (χ3v) is 4.61. The number of likely N-dealkylation sites (tertiary alicyclic amines) is 1. The summed E-state index contributed by atoms with van der Waals surface area (Å²) in [6.07, 6.45) is 3.31. The smallest absolute Gasteiger partial charge is 0.275 e. The number of carbonyl (C=O) groups is 1. The molecule has 0 saturated carbocycles. The van der Waals surface area contributed by atoms with Crippen molar-refractivity contribution in [1.29, 1.82) is 0 Å². The molecule has 1 spiro atoms. The lowest BCUT2D eigenvalue weighted by molar-refractivity contribution is 0.0458. The van der Waals surface area contributed by atoms with E-state index in [1.165, 1.54) is 6.42 Å².